The largest absolute Gasteiger partial charge is 0.379 e. The summed E-state index contributed by atoms with van der Waals surface area (Å²) in [7, 11) is 1.81. The van der Waals surface area contributed by atoms with E-state index in [0.29, 0.717) is 6.04 Å². The molecule has 0 saturated carbocycles. The van der Waals surface area contributed by atoms with Crippen LogP contribution in [-0.2, 0) is 11.2 Å². The normalized spacial score (nSPS) is 16.9. The molecule has 3 rings (SSSR count). The minimum Gasteiger partial charge on any atom is -0.379 e. The number of aliphatic imine (C=N–C) groups is 1. The van der Waals surface area contributed by atoms with Gasteiger partial charge in [0.2, 0.25) is 0 Å². The van der Waals surface area contributed by atoms with Crippen molar-refractivity contribution in [3.63, 3.8) is 0 Å². The molecular formula is C20H27ClN4OS. The monoisotopic (exact) mass is 406 g/mol. The first-order valence-corrected chi connectivity index (χ1v) is 10.6. The summed E-state index contributed by atoms with van der Waals surface area (Å²) >= 11 is 7.75. The number of guanidine groups is 1. The number of nitrogens with one attached hydrogen (secondary N) is 2. The maximum Gasteiger partial charge on any atom is 0.191 e. The number of hydrogen-bond acceptors (Lipinski definition) is 4. The van der Waals surface area contributed by atoms with Crippen molar-refractivity contribution < 1.29 is 4.74 Å². The minimum absolute atomic E-state index is 0.337. The molecule has 7 heteroatoms. The molecule has 1 aliphatic heterocycles. The van der Waals surface area contributed by atoms with Crippen molar-refractivity contribution >= 4 is 28.9 Å². The van der Waals surface area contributed by atoms with Gasteiger partial charge in [-0.1, -0.05) is 29.8 Å². The Hall–Kier alpha value is -1.60. The van der Waals surface area contributed by atoms with E-state index in [0.717, 1.165) is 56.8 Å². The fourth-order valence-electron chi connectivity index (χ4n) is 3.17. The van der Waals surface area contributed by atoms with E-state index in [2.05, 4.69) is 50.2 Å². The molecule has 1 atom stereocenters. The number of benzene rings is 1. The summed E-state index contributed by atoms with van der Waals surface area (Å²) in [5, 5.41) is 9.81. The molecule has 0 amide bonds. The van der Waals surface area contributed by atoms with E-state index in [4.69, 9.17) is 16.3 Å². The Kier molecular flexibility index (Phi) is 7.95. The first-order valence-electron chi connectivity index (χ1n) is 9.30. The van der Waals surface area contributed by atoms with Gasteiger partial charge < -0.3 is 15.4 Å². The van der Waals surface area contributed by atoms with E-state index in [1.807, 2.05) is 19.2 Å². The number of ether oxygens (including phenoxy) is 1. The summed E-state index contributed by atoms with van der Waals surface area (Å²) in [4.78, 5) is 8.23. The van der Waals surface area contributed by atoms with Crippen LogP contribution in [0.4, 0.5) is 0 Å². The molecule has 2 N–H and O–H groups in total. The Morgan fingerprint density at radius 2 is 2.00 bits per heavy atom. The Labute approximate surface area is 170 Å². The second kappa shape index (κ2) is 10.7. The van der Waals surface area contributed by atoms with Gasteiger partial charge in [-0.05, 0) is 35.6 Å². The van der Waals surface area contributed by atoms with Crippen molar-refractivity contribution in [2.24, 2.45) is 4.99 Å². The van der Waals surface area contributed by atoms with Gasteiger partial charge in [0.1, 0.15) is 0 Å². The lowest BCUT2D eigenvalue weighted by molar-refractivity contribution is 0.0177. The van der Waals surface area contributed by atoms with Gasteiger partial charge in [0.15, 0.2) is 5.96 Å². The summed E-state index contributed by atoms with van der Waals surface area (Å²) in [6.07, 6.45) is 0.926. The minimum atomic E-state index is 0.337. The molecule has 0 radical (unpaired) electrons. The van der Waals surface area contributed by atoms with Crippen LogP contribution in [0.1, 0.15) is 16.5 Å². The molecule has 0 aliphatic carbocycles. The summed E-state index contributed by atoms with van der Waals surface area (Å²) in [5.74, 6) is 0.832. The third-order valence-electron chi connectivity index (χ3n) is 4.66. The zero-order valence-electron chi connectivity index (χ0n) is 15.7. The van der Waals surface area contributed by atoms with Gasteiger partial charge in [-0.2, -0.15) is 0 Å². The number of hydrogen-bond donors (Lipinski definition) is 2. The van der Waals surface area contributed by atoms with Gasteiger partial charge in [0.25, 0.3) is 0 Å². The molecule has 1 aromatic carbocycles. The van der Waals surface area contributed by atoms with Crippen molar-refractivity contribution in [2.75, 3.05) is 46.4 Å². The Morgan fingerprint density at radius 3 is 2.67 bits per heavy atom. The van der Waals surface area contributed by atoms with Gasteiger partial charge in [-0.3, -0.25) is 9.89 Å². The van der Waals surface area contributed by atoms with Crippen LogP contribution >= 0.6 is 22.9 Å². The van der Waals surface area contributed by atoms with E-state index in [9.17, 15) is 0 Å². The average molecular weight is 407 g/mol. The van der Waals surface area contributed by atoms with Crippen LogP contribution in [0.15, 0.2) is 46.8 Å². The molecule has 2 heterocycles. The molecule has 1 aromatic heterocycles. The second-order valence-corrected chi connectivity index (χ2v) is 7.85. The fraction of sp³-hybridized carbons (Fsp3) is 0.450. The van der Waals surface area contributed by atoms with Crippen LogP contribution in [-0.4, -0.2) is 57.3 Å². The highest BCUT2D eigenvalue weighted by atomic mass is 35.5. The summed E-state index contributed by atoms with van der Waals surface area (Å²) < 4.78 is 5.51. The van der Waals surface area contributed by atoms with E-state index in [1.165, 1.54) is 10.4 Å². The van der Waals surface area contributed by atoms with Gasteiger partial charge in [-0.25, -0.2) is 0 Å². The number of rotatable bonds is 7. The molecule has 0 bridgehead atoms. The molecule has 1 aliphatic rings. The summed E-state index contributed by atoms with van der Waals surface area (Å²) in [6, 6.07) is 12.6. The number of halogens is 1. The van der Waals surface area contributed by atoms with Gasteiger partial charge in [0.05, 0.1) is 19.3 Å². The highest BCUT2D eigenvalue weighted by Gasteiger charge is 2.23. The molecule has 1 unspecified atom stereocenters. The Bertz CT molecular complexity index is 699. The van der Waals surface area contributed by atoms with Crippen LogP contribution < -0.4 is 10.6 Å². The van der Waals surface area contributed by atoms with Crippen LogP contribution in [0.25, 0.3) is 0 Å². The highest BCUT2D eigenvalue weighted by Crippen LogP contribution is 2.25. The molecular weight excluding hydrogens is 380 g/mol. The second-order valence-electron chi connectivity index (χ2n) is 6.44. The smallest absolute Gasteiger partial charge is 0.191 e. The predicted molar refractivity (Wildman–Crippen MR) is 114 cm³/mol. The molecule has 27 heavy (non-hydrogen) atoms. The lowest BCUT2D eigenvalue weighted by Crippen LogP contribution is -2.46. The zero-order chi connectivity index (χ0) is 18.9. The van der Waals surface area contributed by atoms with Crippen molar-refractivity contribution in [2.45, 2.75) is 12.5 Å². The molecule has 1 fully saturated rings. The van der Waals surface area contributed by atoms with Crippen LogP contribution in [0, 0.1) is 0 Å². The maximum atomic E-state index is 5.94. The van der Waals surface area contributed by atoms with E-state index < -0.39 is 0 Å². The number of nitrogens with zero attached hydrogens (tertiary/aromatic N) is 2. The average Bonchev–Trinajstić information content (AvgIpc) is 3.23. The summed E-state index contributed by atoms with van der Waals surface area (Å²) in [6.45, 7) is 5.18. The first kappa shape index (κ1) is 20.1. The molecule has 146 valence electrons. The topological polar surface area (TPSA) is 48.9 Å². The maximum absolute atomic E-state index is 5.94. The molecule has 0 spiro atoms. The molecule has 5 nitrogen and oxygen atoms in total. The SMILES string of the molecule is CN=C(NCCc1ccc(Cl)cc1)NCC(c1cccs1)N1CCOCC1. The van der Waals surface area contributed by atoms with Gasteiger partial charge >= 0.3 is 0 Å². The summed E-state index contributed by atoms with van der Waals surface area (Å²) in [5.41, 5.74) is 1.26. The zero-order valence-corrected chi connectivity index (χ0v) is 17.2. The lowest BCUT2D eigenvalue weighted by Gasteiger charge is -2.34. The quantitative estimate of drug-likeness (QED) is 0.547. The van der Waals surface area contributed by atoms with E-state index in [-0.39, 0.29) is 0 Å². The Morgan fingerprint density at radius 1 is 1.22 bits per heavy atom. The van der Waals surface area contributed by atoms with E-state index >= 15 is 0 Å². The van der Waals surface area contributed by atoms with Crippen molar-refractivity contribution in [3.05, 3.63) is 57.2 Å². The van der Waals surface area contributed by atoms with Gasteiger partial charge in [0, 0.05) is 43.1 Å². The highest BCUT2D eigenvalue weighted by molar-refractivity contribution is 7.10. The van der Waals surface area contributed by atoms with Gasteiger partial charge in [-0.15, -0.1) is 11.3 Å². The number of morpholine rings is 1. The van der Waals surface area contributed by atoms with Crippen molar-refractivity contribution in [1.29, 1.82) is 0 Å². The van der Waals surface area contributed by atoms with Crippen molar-refractivity contribution in [1.82, 2.24) is 15.5 Å². The number of thiophene rings is 1. The van der Waals surface area contributed by atoms with Crippen LogP contribution in [0.5, 0.6) is 0 Å². The fourth-order valence-corrected chi connectivity index (χ4v) is 4.16. The van der Waals surface area contributed by atoms with Crippen molar-refractivity contribution in [3.8, 4) is 0 Å². The van der Waals surface area contributed by atoms with Crippen LogP contribution in [0.2, 0.25) is 5.02 Å². The molecule has 1 saturated heterocycles. The predicted octanol–water partition coefficient (Wildman–Crippen LogP) is 3.18. The van der Waals surface area contributed by atoms with Crippen LogP contribution in [0.3, 0.4) is 0 Å². The first-order chi connectivity index (χ1) is 13.3. The molecule has 2 aromatic rings. The third kappa shape index (κ3) is 6.21. The standard InChI is InChI=1S/C20H27ClN4OS/c1-22-20(23-9-8-16-4-6-17(21)7-5-16)24-15-18(19-3-2-14-27-19)25-10-12-26-13-11-25/h2-7,14,18H,8-13,15H2,1H3,(H2,22,23,24). The Balaban J connectivity index is 1.50. The lowest BCUT2D eigenvalue weighted by atomic mass is 10.1. The van der Waals surface area contributed by atoms with E-state index in [1.54, 1.807) is 11.3 Å². The third-order valence-corrected chi connectivity index (χ3v) is 5.89.